The zero-order valence-electron chi connectivity index (χ0n) is 9.41. The maximum absolute atomic E-state index is 13.4. The molecule has 0 amide bonds. The van der Waals surface area contributed by atoms with Crippen LogP contribution in [0.3, 0.4) is 0 Å². The van der Waals surface area contributed by atoms with Crippen LogP contribution in [0.15, 0.2) is 24.3 Å². The van der Waals surface area contributed by atoms with Crippen molar-refractivity contribution < 1.29 is 17.6 Å². The molecule has 6 heteroatoms. The van der Waals surface area contributed by atoms with Crippen LogP contribution in [0, 0.1) is 5.82 Å². The number of rotatable bonds is 4. The second-order valence-corrected chi connectivity index (χ2v) is 8.36. The molecule has 0 saturated carbocycles. The lowest BCUT2D eigenvalue weighted by Crippen LogP contribution is -2.39. The minimum absolute atomic E-state index is 0.199. The molecule has 17 heavy (non-hydrogen) atoms. The van der Waals surface area contributed by atoms with Gasteiger partial charge < -0.3 is 0 Å². The van der Waals surface area contributed by atoms with Gasteiger partial charge in [0.1, 0.15) is 5.82 Å². The first-order valence-corrected chi connectivity index (χ1v) is 7.39. The molecule has 0 bridgehead atoms. The largest absolute Gasteiger partial charge is 0.291 e. The van der Waals surface area contributed by atoms with Gasteiger partial charge in [-0.1, -0.05) is 35.0 Å². The highest BCUT2D eigenvalue weighted by Crippen LogP contribution is 2.30. The molecule has 0 radical (unpaired) electrons. The van der Waals surface area contributed by atoms with Gasteiger partial charge in [-0.15, -0.1) is 0 Å². The molecule has 0 unspecified atom stereocenters. The smallest absolute Gasteiger partial charge is 0.197 e. The van der Waals surface area contributed by atoms with E-state index in [-0.39, 0.29) is 11.3 Å². The second kappa shape index (κ2) is 4.86. The predicted octanol–water partition coefficient (Wildman–Crippen LogP) is 2.55. The third kappa shape index (κ3) is 2.57. The van der Waals surface area contributed by atoms with E-state index in [0.717, 1.165) is 6.07 Å². The molecule has 0 fully saturated rings. The topological polar surface area (TPSA) is 51.2 Å². The average molecular weight is 323 g/mol. The SMILES string of the molecule is CCS(=O)(=O)[C@@](C)(Br)C(=O)c1ccccc1F. The zero-order valence-corrected chi connectivity index (χ0v) is 11.8. The molecule has 0 aliphatic carbocycles. The molecule has 3 nitrogen and oxygen atoms in total. The quantitative estimate of drug-likeness (QED) is 0.632. The molecule has 0 N–H and O–H groups in total. The van der Waals surface area contributed by atoms with Gasteiger partial charge in [0.2, 0.25) is 0 Å². The molecule has 0 aliphatic heterocycles. The third-order valence-electron chi connectivity index (χ3n) is 2.49. The van der Waals surface area contributed by atoms with Crippen molar-refractivity contribution in [3.63, 3.8) is 0 Å². The fraction of sp³-hybridized carbons (Fsp3) is 0.364. The Balaban J connectivity index is 3.28. The average Bonchev–Trinajstić information content (AvgIpc) is 2.28. The van der Waals surface area contributed by atoms with E-state index in [1.807, 2.05) is 0 Å². The highest BCUT2D eigenvalue weighted by Gasteiger charge is 2.43. The molecule has 0 aromatic heterocycles. The summed E-state index contributed by atoms with van der Waals surface area (Å²) in [6.45, 7) is 2.66. The minimum atomic E-state index is -3.66. The second-order valence-electron chi connectivity index (χ2n) is 3.63. The van der Waals surface area contributed by atoms with Crippen LogP contribution < -0.4 is 0 Å². The Morgan fingerprint density at radius 1 is 1.41 bits per heavy atom. The lowest BCUT2D eigenvalue weighted by molar-refractivity contribution is 0.0979. The van der Waals surface area contributed by atoms with Gasteiger partial charge in [-0.05, 0) is 19.1 Å². The number of Topliss-reactive ketones (excluding diaryl/α,β-unsaturated/α-hetero) is 1. The number of sulfone groups is 1. The van der Waals surface area contributed by atoms with E-state index in [9.17, 15) is 17.6 Å². The van der Waals surface area contributed by atoms with Crippen LogP contribution in [0.5, 0.6) is 0 Å². The van der Waals surface area contributed by atoms with E-state index in [0.29, 0.717) is 0 Å². The van der Waals surface area contributed by atoms with E-state index in [4.69, 9.17) is 0 Å². The predicted molar refractivity (Wildman–Crippen MR) is 67.5 cm³/mol. The van der Waals surface area contributed by atoms with Crippen LogP contribution in [0.1, 0.15) is 24.2 Å². The van der Waals surface area contributed by atoms with Crippen molar-refractivity contribution in [1.82, 2.24) is 0 Å². The van der Waals surface area contributed by atoms with E-state index >= 15 is 0 Å². The van der Waals surface area contributed by atoms with Gasteiger partial charge >= 0.3 is 0 Å². The van der Waals surface area contributed by atoms with Crippen LogP contribution in [0.2, 0.25) is 0 Å². The first kappa shape index (κ1) is 14.3. The summed E-state index contributed by atoms with van der Waals surface area (Å²) in [6, 6.07) is 5.31. The van der Waals surface area contributed by atoms with E-state index < -0.39 is 25.1 Å². The standard InChI is InChI=1S/C11H12BrFO3S/c1-3-17(15,16)11(2,12)10(14)8-6-4-5-7-9(8)13/h4-7H,3H2,1-2H3/t11-/m1/s1. The lowest BCUT2D eigenvalue weighted by Gasteiger charge is -2.20. The minimum Gasteiger partial charge on any atom is -0.291 e. The number of hydrogen-bond donors (Lipinski definition) is 0. The fourth-order valence-corrected chi connectivity index (χ4v) is 3.13. The van der Waals surface area contributed by atoms with Crippen LogP contribution in [0.4, 0.5) is 4.39 Å². The molecule has 0 saturated heterocycles. The first-order valence-electron chi connectivity index (χ1n) is 4.94. The molecule has 0 aliphatic rings. The van der Waals surface area contributed by atoms with Crippen molar-refractivity contribution in [3.8, 4) is 0 Å². The number of carbonyl (C=O) groups excluding carboxylic acids is 1. The Bertz CT molecular complexity index is 537. The number of hydrogen-bond acceptors (Lipinski definition) is 3. The van der Waals surface area contributed by atoms with Crippen LogP contribution in [-0.2, 0) is 9.84 Å². The van der Waals surface area contributed by atoms with Gasteiger partial charge in [0, 0.05) is 5.75 Å². The Morgan fingerprint density at radius 3 is 2.41 bits per heavy atom. The van der Waals surface area contributed by atoms with Gasteiger partial charge in [0.15, 0.2) is 19.3 Å². The van der Waals surface area contributed by atoms with Gasteiger partial charge in [0.05, 0.1) is 5.56 Å². The summed E-state index contributed by atoms with van der Waals surface area (Å²) in [5.74, 6) is -1.72. The molecule has 1 aromatic rings. The Labute approximate surface area is 108 Å². The van der Waals surface area contributed by atoms with Crippen molar-refractivity contribution in [1.29, 1.82) is 0 Å². The highest BCUT2D eigenvalue weighted by molar-refractivity contribution is 9.12. The molecule has 0 spiro atoms. The molecule has 1 aromatic carbocycles. The summed E-state index contributed by atoms with van der Waals surface area (Å²) in [5.41, 5.74) is -0.232. The van der Waals surface area contributed by atoms with Gasteiger partial charge in [-0.2, -0.15) is 0 Å². The van der Waals surface area contributed by atoms with Crippen molar-refractivity contribution in [2.75, 3.05) is 5.75 Å². The number of carbonyl (C=O) groups is 1. The molecule has 0 heterocycles. The molecule has 94 valence electrons. The monoisotopic (exact) mass is 322 g/mol. The normalized spacial score (nSPS) is 15.3. The van der Waals surface area contributed by atoms with Gasteiger partial charge in [0.25, 0.3) is 0 Å². The number of halogens is 2. The van der Waals surface area contributed by atoms with E-state index in [2.05, 4.69) is 15.9 Å². The number of ketones is 1. The van der Waals surface area contributed by atoms with Crippen molar-refractivity contribution >= 4 is 31.6 Å². The summed E-state index contributed by atoms with van der Waals surface area (Å²) in [7, 11) is -3.66. The summed E-state index contributed by atoms with van der Waals surface area (Å²) in [4.78, 5) is 12.0. The Kier molecular flexibility index (Phi) is 4.09. The van der Waals surface area contributed by atoms with Crippen LogP contribution in [-0.4, -0.2) is 23.6 Å². The van der Waals surface area contributed by atoms with Gasteiger partial charge in [-0.3, -0.25) is 4.79 Å². The van der Waals surface area contributed by atoms with Crippen molar-refractivity contribution in [3.05, 3.63) is 35.6 Å². The third-order valence-corrected chi connectivity index (χ3v) is 6.44. The van der Waals surface area contributed by atoms with E-state index in [1.54, 1.807) is 0 Å². The van der Waals surface area contributed by atoms with Crippen LogP contribution >= 0.6 is 15.9 Å². The zero-order chi connectivity index (χ0) is 13.3. The van der Waals surface area contributed by atoms with E-state index in [1.165, 1.54) is 32.0 Å². The Hall–Kier alpha value is -0.750. The summed E-state index contributed by atoms with van der Waals surface area (Å²) in [6.07, 6.45) is 0. The first-order chi connectivity index (χ1) is 7.74. The molecule has 1 atom stereocenters. The molecular formula is C11H12BrFO3S. The maximum Gasteiger partial charge on any atom is 0.197 e. The number of alkyl halides is 1. The summed E-state index contributed by atoms with van der Waals surface area (Å²) in [5, 5.41) is 0. The van der Waals surface area contributed by atoms with Gasteiger partial charge in [-0.25, -0.2) is 12.8 Å². The summed E-state index contributed by atoms with van der Waals surface area (Å²) >= 11 is 2.90. The molecule has 1 rings (SSSR count). The summed E-state index contributed by atoms with van der Waals surface area (Å²) < 4.78 is 35.1. The highest BCUT2D eigenvalue weighted by atomic mass is 79.9. The molecular weight excluding hydrogens is 311 g/mol. The fourth-order valence-electron chi connectivity index (χ4n) is 1.30. The number of benzene rings is 1. The van der Waals surface area contributed by atoms with Crippen molar-refractivity contribution in [2.45, 2.75) is 17.5 Å². The van der Waals surface area contributed by atoms with Crippen molar-refractivity contribution in [2.24, 2.45) is 0 Å². The maximum atomic E-state index is 13.4. The lowest BCUT2D eigenvalue weighted by atomic mass is 10.1. The Morgan fingerprint density at radius 2 is 1.94 bits per heavy atom. The van der Waals surface area contributed by atoms with Crippen LogP contribution in [0.25, 0.3) is 0 Å².